The Bertz CT molecular complexity index is 991. The van der Waals surface area contributed by atoms with E-state index >= 15 is 0 Å². The fraction of sp³-hybridized carbons (Fsp3) is 0.400. The van der Waals surface area contributed by atoms with Gasteiger partial charge in [0.2, 0.25) is 11.8 Å². The number of hydrogen-bond acceptors (Lipinski definition) is 5. The van der Waals surface area contributed by atoms with Gasteiger partial charge in [-0.3, -0.25) is 14.9 Å². The zero-order valence-corrected chi connectivity index (χ0v) is 19.2. The maximum atomic E-state index is 12.2. The summed E-state index contributed by atoms with van der Waals surface area (Å²) in [6.07, 6.45) is 2.43. The number of carbonyl (C=O) groups is 3. The molecule has 2 aromatic rings. The summed E-state index contributed by atoms with van der Waals surface area (Å²) in [5, 5.41) is 8.33. The lowest BCUT2D eigenvalue weighted by Gasteiger charge is -2.38. The topological polar surface area (TPSA) is 93.8 Å². The SMILES string of the molecule is CC1(C)CCN(c2ccc(Nc3ccc(CNC(=O)N4CC(=O)NC(=O)C4)cc3)cc2)CC1. The van der Waals surface area contributed by atoms with Gasteiger partial charge in [0.15, 0.2) is 0 Å². The van der Waals surface area contributed by atoms with Gasteiger partial charge in [-0.25, -0.2) is 4.79 Å². The van der Waals surface area contributed by atoms with Crippen LogP contribution in [0.3, 0.4) is 0 Å². The Hall–Kier alpha value is -3.55. The highest BCUT2D eigenvalue weighted by atomic mass is 16.2. The predicted molar refractivity (Wildman–Crippen MR) is 128 cm³/mol. The molecule has 2 fully saturated rings. The van der Waals surface area contributed by atoms with Crippen LogP contribution >= 0.6 is 0 Å². The average molecular weight is 450 g/mol. The Kier molecular flexibility index (Phi) is 6.53. The van der Waals surface area contributed by atoms with Crippen molar-refractivity contribution in [2.24, 2.45) is 5.41 Å². The summed E-state index contributed by atoms with van der Waals surface area (Å²) in [6.45, 7) is 6.95. The zero-order chi connectivity index (χ0) is 23.4. The first-order chi connectivity index (χ1) is 15.8. The molecule has 0 aromatic heterocycles. The fourth-order valence-corrected chi connectivity index (χ4v) is 4.07. The van der Waals surface area contributed by atoms with Gasteiger partial charge < -0.3 is 20.4 Å². The Morgan fingerprint density at radius 1 is 0.909 bits per heavy atom. The van der Waals surface area contributed by atoms with E-state index in [9.17, 15) is 14.4 Å². The smallest absolute Gasteiger partial charge is 0.318 e. The molecule has 4 rings (SSSR count). The average Bonchev–Trinajstić information content (AvgIpc) is 2.78. The monoisotopic (exact) mass is 449 g/mol. The summed E-state index contributed by atoms with van der Waals surface area (Å²) in [5.41, 5.74) is 4.59. The predicted octanol–water partition coefficient (Wildman–Crippen LogP) is 3.22. The minimum Gasteiger partial charge on any atom is -0.371 e. The summed E-state index contributed by atoms with van der Waals surface area (Å²) >= 11 is 0. The molecule has 0 atom stereocenters. The van der Waals surface area contributed by atoms with Crippen LogP contribution in [-0.2, 0) is 16.1 Å². The second-order valence-corrected chi connectivity index (χ2v) is 9.51. The van der Waals surface area contributed by atoms with Crippen molar-refractivity contribution in [3.63, 3.8) is 0 Å². The van der Waals surface area contributed by atoms with E-state index in [4.69, 9.17) is 0 Å². The van der Waals surface area contributed by atoms with E-state index in [-0.39, 0.29) is 13.1 Å². The zero-order valence-electron chi connectivity index (χ0n) is 19.2. The van der Waals surface area contributed by atoms with Crippen molar-refractivity contribution in [2.75, 3.05) is 36.4 Å². The number of piperidine rings is 1. The number of benzene rings is 2. The molecule has 0 unspecified atom stereocenters. The number of piperazine rings is 1. The van der Waals surface area contributed by atoms with Gasteiger partial charge in [0.25, 0.3) is 0 Å². The maximum Gasteiger partial charge on any atom is 0.318 e. The molecule has 2 saturated heterocycles. The molecule has 0 aliphatic carbocycles. The van der Waals surface area contributed by atoms with Gasteiger partial charge in [0, 0.05) is 36.7 Å². The second-order valence-electron chi connectivity index (χ2n) is 9.51. The van der Waals surface area contributed by atoms with Crippen LogP contribution in [0.15, 0.2) is 48.5 Å². The molecular weight excluding hydrogens is 418 g/mol. The number of rotatable bonds is 5. The molecule has 0 bridgehead atoms. The van der Waals surface area contributed by atoms with Crippen LogP contribution in [0.1, 0.15) is 32.3 Å². The molecule has 8 nitrogen and oxygen atoms in total. The first-order valence-electron chi connectivity index (χ1n) is 11.3. The van der Waals surface area contributed by atoms with Gasteiger partial charge in [-0.05, 0) is 60.2 Å². The van der Waals surface area contributed by atoms with Crippen LogP contribution in [0.2, 0.25) is 0 Å². The lowest BCUT2D eigenvalue weighted by Crippen LogP contribution is -2.55. The summed E-state index contributed by atoms with van der Waals surface area (Å²) < 4.78 is 0. The van der Waals surface area contributed by atoms with Crippen LogP contribution in [0.25, 0.3) is 0 Å². The van der Waals surface area contributed by atoms with Crippen LogP contribution in [0.5, 0.6) is 0 Å². The normalized spacial score (nSPS) is 18.0. The number of nitrogens with zero attached hydrogens (tertiary/aromatic N) is 2. The molecule has 0 radical (unpaired) electrons. The number of carbonyl (C=O) groups excluding carboxylic acids is 3. The standard InChI is InChI=1S/C25H31N5O3/c1-25(2)11-13-29(14-12-25)21-9-7-20(8-10-21)27-19-5-3-18(4-6-19)15-26-24(33)30-16-22(31)28-23(32)17-30/h3-10,27H,11-17H2,1-2H3,(H,26,33)(H,28,31,32). The molecule has 2 aromatic carbocycles. The van der Waals surface area contributed by atoms with Gasteiger partial charge in [-0.15, -0.1) is 0 Å². The van der Waals surface area contributed by atoms with Crippen LogP contribution < -0.4 is 20.9 Å². The highest BCUT2D eigenvalue weighted by Gasteiger charge is 2.26. The maximum absolute atomic E-state index is 12.2. The van der Waals surface area contributed by atoms with E-state index in [0.717, 1.165) is 30.0 Å². The molecule has 174 valence electrons. The van der Waals surface area contributed by atoms with Crippen molar-refractivity contribution in [1.29, 1.82) is 0 Å². The minimum absolute atomic E-state index is 0.116. The quantitative estimate of drug-likeness (QED) is 0.610. The van der Waals surface area contributed by atoms with E-state index in [1.807, 2.05) is 24.3 Å². The van der Waals surface area contributed by atoms with Crippen molar-refractivity contribution < 1.29 is 14.4 Å². The third-order valence-electron chi connectivity index (χ3n) is 6.27. The number of amides is 4. The number of urea groups is 1. The molecule has 4 amide bonds. The number of hydrogen-bond donors (Lipinski definition) is 3. The summed E-state index contributed by atoms with van der Waals surface area (Å²) in [5.74, 6) is -0.936. The van der Waals surface area contributed by atoms with Gasteiger partial charge >= 0.3 is 6.03 Å². The summed E-state index contributed by atoms with van der Waals surface area (Å²) in [6, 6.07) is 15.9. The lowest BCUT2D eigenvalue weighted by atomic mass is 9.82. The van der Waals surface area contributed by atoms with Crippen molar-refractivity contribution in [2.45, 2.75) is 33.2 Å². The Labute approximate surface area is 194 Å². The van der Waals surface area contributed by atoms with Crippen molar-refractivity contribution in [3.05, 3.63) is 54.1 Å². The third-order valence-corrected chi connectivity index (χ3v) is 6.27. The number of nitrogens with one attached hydrogen (secondary N) is 3. The lowest BCUT2D eigenvalue weighted by molar-refractivity contribution is -0.134. The van der Waals surface area contributed by atoms with E-state index in [1.165, 1.54) is 23.4 Å². The first-order valence-corrected chi connectivity index (χ1v) is 11.3. The Morgan fingerprint density at radius 3 is 2.03 bits per heavy atom. The van der Waals surface area contributed by atoms with E-state index in [2.05, 4.69) is 59.0 Å². The molecule has 0 spiro atoms. The fourth-order valence-electron chi connectivity index (χ4n) is 4.07. The van der Waals surface area contributed by atoms with Gasteiger partial charge in [0.1, 0.15) is 13.1 Å². The third kappa shape index (κ3) is 6.03. The van der Waals surface area contributed by atoms with E-state index in [1.54, 1.807) is 0 Å². The number of imide groups is 1. The van der Waals surface area contributed by atoms with Crippen LogP contribution in [-0.4, -0.2) is 48.9 Å². The van der Waals surface area contributed by atoms with Crippen molar-refractivity contribution >= 4 is 34.9 Å². The van der Waals surface area contributed by atoms with Crippen molar-refractivity contribution in [3.8, 4) is 0 Å². The highest BCUT2D eigenvalue weighted by molar-refractivity contribution is 6.02. The van der Waals surface area contributed by atoms with Crippen LogP contribution in [0.4, 0.5) is 21.9 Å². The molecular formula is C25H31N5O3. The van der Waals surface area contributed by atoms with Crippen molar-refractivity contribution in [1.82, 2.24) is 15.5 Å². The summed E-state index contributed by atoms with van der Waals surface area (Å²) in [4.78, 5) is 38.7. The molecule has 2 heterocycles. The molecule has 33 heavy (non-hydrogen) atoms. The first kappa shape index (κ1) is 22.6. The molecule has 2 aliphatic rings. The Morgan fingerprint density at radius 2 is 1.45 bits per heavy atom. The minimum atomic E-state index is -0.468. The Balaban J connectivity index is 1.27. The summed E-state index contributed by atoms with van der Waals surface area (Å²) in [7, 11) is 0. The largest absolute Gasteiger partial charge is 0.371 e. The van der Waals surface area contributed by atoms with E-state index < -0.39 is 17.8 Å². The molecule has 3 N–H and O–H groups in total. The van der Waals surface area contributed by atoms with Crippen LogP contribution in [0, 0.1) is 5.41 Å². The highest BCUT2D eigenvalue weighted by Crippen LogP contribution is 2.32. The van der Waals surface area contributed by atoms with E-state index in [0.29, 0.717) is 12.0 Å². The van der Waals surface area contributed by atoms with Gasteiger partial charge in [-0.1, -0.05) is 26.0 Å². The van der Waals surface area contributed by atoms with Gasteiger partial charge in [-0.2, -0.15) is 0 Å². The molecule has 8 heteroatoms. The number of anilines is 3. The molecule has 2 aliphatic heterocycles. The van der Waals surface area contributed by atoms with Gasteiger partial charge in [0.05, 0.1) is 0 Å². The molecule has 0 saturated carbocycles. The second kappa shape index (κ2) is 9.52.